The quantitative estimate of drug-likeness (QED) is 0.883. The molecule has 3 heteroatoms. The Kier molecular flexibility index (Phi) is 4.97. The standard InChI is InChI=1S/C16H23NO2/c1-2-5-13-8-10-17(11-9-13)12-14-6-3-4-7-15(14)16(18)19/h3-4,6-7,13H,2,5,8-12H2,1H3,(H,18,19). The number of likely N-dealkylation sites (tertiary alicyclic amines) is 1. The van der Waals surface area contributed by atoms with Crippen molar-refractivity contribution < 1.29 is 9.90 Å². The summed E-state index contributed by atoms with van der Waals surface area (Å²) in [7, 11) is 0. The van der Waals surface area contributed by atoms with E-state index in [1.807, 2.05) is 12.1 Å². The summed E-state index contributed by atoms with van der Waals surface area (Å²) in [6, 6.07) is 7.34. The molecule has 1 aromatic carbocycles. The summed E-state index contributed by atoms with van der Waals surface area (Å²) in [5.41, 5.74) is 1.38. The average molecular weight is 261 g/mol. The molecule has 1 heterocycles. The van der Waals surface area contributed by atoms with Crippen LogP contribution in [0, 0.1) is 5.92 Å². The van der Waals surface area contributed by atoms with Gasteiger partial charge in [0.05, 0.1) is 5.56 Å². The topological polar surface area (TPSA) is 40.5 Å². The Morgan fingerprint density at radius 1 is 1.32 bits per heavy atom. The summed E-state index contributed by atoms with van der Waals surface area (Å²) >= 11 is 0. The monoisotopic (exact) mass is 261 g/mol. The molecule has 0 saturated carbocycles. The highest BCUT2D eigenvalue weighted by Gasteiger charge is 2.20. The van der Waals surface area contributed by atoms with Crippen molar-refractivity contribution >= 4 is 5.97 Å². The van der Waals surface area contributed by atoms with E-state index >= 15 is 0 Å². The molecule has 1 aromatic rings. The molecule has 1 saturated heterocycles. The maximum Gasteiger partial charge on any atom is 0.336 e. The summed E-state index contributed by atoms with van der Waals surface area (Å²) in [6.45, 7) is 5.20. The number of rotatable bonds is 5. The number of benzene rings is 1. The van der Waals surface area contributed by atoms with E-state index in [0.717, 1.165) is 31.1 Å². The van der Waals surface area contributed by atoms with Gasteiger partial charge < -0.3 is 5.11 Å². The molecule has 0 radical (unpaired) electrons. The van der Waals surface area contributed by atoms with E-state index in [0.29, 0.717) is 5.56 Å². The van der Waals surface area contributed by atoms with Crippen LogP contribution in [-0.4, -0.2) is 29.1 Å². The molecule has 1 fully saturated rings. The minimum Gasteiger partial charge on any atom is -0.478 e. The smallest absolute Gasteiger partial charge is 0.336 e. The SMILES string of the molecule is CCCC1CCN(Cc2ccccc2C(=O)O)CC1. The molecule has 2 rings (SSSR count). The number of hydrogen-bond donors (Lipinski definition) is 1. The molecule has 1 aliphatic heterocycles. The number of carboxylic acids is 1. The molecular weight excluding hydrogens is 238 g/mol. The van der Waals surface area contributed by atoms with E-state index in [1.165, 1.54) is 25.7 Å². The normalized spacial score (nSPS) is 17.5. The van der Waals surface area contributed by atoms with Crippen LogP contribution < -0.4 is 0 Å². The van der Waals surface area contributed by atoms with Gasteiger partial charge in [-0.25, -0.2) is 4.79 Å². The van der Waals surface area contributed by atoms with Crippen LogP contribution in [-0.2, 0) is 6.54 Å². The van der Waals surface area contributed by atoms with E-state index in [4.69, 9.17) is 0 Å². The van der Waals surface area contributed by atoms with Crippen molar-refractivity contribution in [2.45, 2.75) is 39.2 Å². The molecule has 0 aromatic heterocycles. The number of nitrogens with zero attached hydrogens (tertiary/aromatic N) is 1. The lowest BCUT2D eigenvalue weighted by atomic mass is 9.92. The summed E-state index contributed by atoms with van der Waals surface area (Å²) < 4.78 is 0. The van der Waals surface area contributed by atoms with Crippen LogP contribution in [0.2, 0.25) is 0 Å². The molecule has 104 valence electrons. The summed E-state index contributed by atoms with van der Waals surface area (Å²) in [4.78, 5) is 13.6. The zero-order chi connectivity index (χ0) is 13.7. The van der Waals surface area contributed by atoms with Gasteiger partial charge in [0.1, 0.15) is 0 Å². The van der Waals surface area contributed by atoms with Crippen molar-refractivity contribution in [3.05, 3.63) is 35.4 Å². The first kappa shape index (κ1) is 14.1. The second-order valence-electron chi connectivity index (χ2n) is 5.47. The van der Waals surface area contributed by atoms with Crippen LogP contribution in [0.1, 0.15) is 48.5 Å². The molecule has 19 heavy (non-hydrogen) atoms. The molecule has 1 N–H and O–H groups in total. The Morgan fingerprint density at radius 3 is 2.63 bits per heavy atom. The van der Waals surface area contributed by atoms with Gasteiger partial charge in [-0.3, -0.25) is 4.90 Å². The van der Waals surface area contributed by atoms with Crippen LogP contribution in [0.15, 0.2) is 24.3 Å². The second kappa shape index (κ2) is 6.71. The maximum atomic E-state index is 11.2. The van der Waals surface area contributed by atoms with Crippen molar-refractivity contribution in [2.24, 2.45) is 5.92 Å². The van der Waals surface area contributed by atoms with Gasteiger partial charge in [0.15, 0.2) is 0 Å². The first-order valence-electron chi connectivity index (χ1n) is 7.24. The van der Waals surface area contributed by atoms with E-state index < -0.39 is 5.97 Å². The van der Waals surface area contributed by atoms with Crippen molar-refractivity contribution in [1.29, 1.82) is 0 Å². The highest BCUT2D eigenvalue weighted by Crippen LogP contribution is 2.23. The van der Waals surface area contributed by atoms with E-state index in [-0.39, 0.29) is 0 Å². The largest absolute Gasteiger partial charge is 0.478 e. The van der Waals surface area contributed by atoms with Gasteiger partial charge in [-0.15, -0.1) is 0 Å². The lowest BCUT2D eigenvalue weighted by molar-refractivity contribution is 0.0693. The Bertz CT molecular complexity index is 423. The fourth-order valence-corrected chi connectivity index (χ4v) is 2.95. The van der Waals surface area contributed by atoms with Crippen LogP contribution in [0.5, 0.6) is 0 Å². The molecule has 0 bridgehead atoms. The predicted molar refractivity (Wildman–Crippen MR) is 76.3 cm³/mol. The molecule has 1 aliphatic rings. The van der Waals surface area contributed by atoms with Crippen LogP contribution in [0.25, 0.3) is 0 Å². The van der Waals surface area contributed by atoms with Gasteiger partial charge in [0.25, 0.3) is 0 Å². The highest BCUT2D eigenvalue weighted by molar-refractivity contribution is 5.89. The molecule has 0 amide bonds. The number of aromatic carboxylic acids is 1. The molecule has 0 aliphatic carbocycles. The second-order valence-corrected chi connectivity index (χ2v) is 5.47. The number of hydrogen-bond acceptors (Lipinski definition) is 2. The first-order chi connectivity index (χ1) is 9.20. The third-order valence-corrected chi connectivity index (χ3v) is 4.05. The van der Waals surface area contributed by atoms with Gasteiger partial charge >= 0.3 is 5.97 Å². The predicted octanol–water partition coefficient (Wildman–Crippen LogP) is 3.40. The van der Waals surface area contributed by atoms with Crippen LogP contribution in [0.3, 0.4) is 0 Å². The Hall–Kier alpha value is -1.35. The first-order valence-corrected chi connectivity index (χ1v) is 7.24. The number of carbonyl (C=O) groups is 1. The minimum absolute atomic E-state index is 0.443. The van der Waals surface area contributed by atoms with E-state index in [1.54, 1.807) is 12.1 Å². The lowest BCUT2D eigenvalue weighted by Gasteiger charge is -2.32. The van der Waals surface area contributed by atoms with Crippen molar-refractivity contribution in [2.75, 3.05) is 13.1 Å². The number of carboxylic acid groups (broad SMARTS) is 1. The van der Waals surface area contributed by atoms with Crippen LogP contribution in [0.4, 0.5) is 0 Å². The molecule has 0 spiro atoms. The van der Waals surface area contributed by atoms with E-state index in [2.05, 4.69) is 11.8 Å². The number of piperidine rings is 1. The van der Waals surface area contributed by atoms with Gasteiger partial charge in [-0.2, -0.15) is 0 Å². The Morgan fingerprint density at radius 2 is 2.00 bits per heavy atom. The third kappa shape index (κ3) is 3.80. The summed E-state index contributed by atoms with van der Waals surface area (Å²) in [5, 5.41) is 9.19. The average Bonchev–Trinajstić information content (AvgIpc) is 2.42. The fraction of sp³-hybridized carbons (Fsp3) is 0.562. The Balaban J connectivity index is 1.94. The zero-order valence-electron chi connectivity index (χ0n) is 11.6. The molecular formula is C16H23NO2. The molecule has 3 nitrogen and oxygen atoms in total. The summed E-state index contributed by atoms with van der Waals surface area (Å²) in [5.74, 6) is 0.0486. The lowest BCUT2D eigenvalue weighted by Crippen LogP contribution is -2.33. The van der Waals surface area contributed by atoms with Crippen LogP contribution >= 0.6 is 0 Å². The molecule has 0 unspecified atom stereocenters. The van der Waals surface area contributed by atoms with Crippen molar-refractivity contribution in [3.8, 4) is 0 Å². The fourth-order valence-electron chi connectivity index (χ4n) is 2.95. The van der Waals surface area contributed by atoms with Gasteiger partial charge in [-0.05, 0) is 43.5 Å². The Labute approximate surface area is 115 Å². The van der Waals surface area contributed by atoms with Gasteiger partial charge in [-0.1, -0.05) is 38.0 Å². The van der Waals surface area contributed by atoms with E-state index in [9.17, 15) is 9.90 Å². The van der Waals surface area contributed by atoms with Crippen molar-refractivity contribution in [1.82, 2.24) is 4.90 Å². The highest BCUT2D eigenvalue weighted by atomic mass is 16.4. The summed E-state index contributed by atoms with van der Waals surface area (Å²) in [6.07, 6.45) is 5.11. The minimum atomic E-state index is -0.823. The maximum absolute atomic E-state index is 11.2. The zero-order valence-corrected chi connectivity index (χ0v) is 11.6. The van der Waals surface area contributed by atoms with Gasteiger partial charge in [0, 0.05) is 6.54 Å². The third-order valence-electron chi connectivity index (χ3n) is 4.05. The van der Waals surface area contributed by atoms with Gasteiger partial charge in [0.2, 0.25) is 0 Å². The van der Waals surface area contributed by atoms with Crippen molar-refractivity contribution in [3.63, 3.8) is 0 Å². The molecule has 0 atom stereocenters.